The van der Waals surface area contributed by atoms with Crippen LogP contribution < -0.4 is 4.74 Å². The van der Waals surface area contributed by atoms with Crippen LogP contribution in [0.15, 0.2) is 83.0 Å². The van der Waals surface area contributed by atoms with E-state index in [1.165, 1.54) is 4.90 Å². The number of nitrogens with zero attached hydrogens (tertiary/aromatic N) is 2. The number of methoxy groups -OCH3 is 1. The number of carbonyl (C=O) groups excluding carboxylic acids is 2. The highest BCUT2D eigenvalue weighted by atomic mass is 79.9. The summed E-state index contributed by atoms with van der Waals surface area (Å²) in [7, 11) is 1.55. The number of amides is 1. The molecule has 6 nitrogen and oxygen atoms in total. The van der Waals surface area contributed by atoms with Crippen molar-refractivity contribution < 1.29 is 19.4 Å². The molecular formula is C24H19BrN2O4. The lowest BCUT2D eigenvalue weighted by molar-refractivity contribution is -0.140. The highest BCUT2D eigenvalue weighted by Gasteiger charge is 2.46. The van der Waals surface area contributed by atoms with E-state index in [2.05, 4.69) is 20.9 Å². The van der Waals surface area contributed by atoms with Gasteiger partial charge in [-0.15, -0.1) is 0 Å². The molecule has 1 saturated heterocycles. The van der Waals surface area contributed by atoms with E-state index in [1.807, 2.05) is 18.2 Å². The van der Waals surface area contributed by atoms with Crippen molar-refractivity contribution in [3.05, 3.63) is 99.8 Å². The highest BCUT2D eigenvalue weighted by Crippen LogP contribution is 2.40. The predicted octanol–water partition coefficient (Wildman–Crippen LogP) is 4.47. The molecule has 1 aromatic heterocycles. The third kappa shape index (κ3) is 3.96. The summed E-state index contributed by atoms with van der Waals surface area (Å²) in [5, 5.41) is 11.0. The molecule has 7 heteroatoms. The number of rotatable bonds is 5. The molecule has 4 rings (SSSR count). The van der Waals surface area contributed by atoms with E-state index >= 15 is 0 Å². The fourth-order valence-electron chi connectivity index (χ4n) is 3.67. The van der Waals surface area contributed by atoms with Crippen LogP contribution >= 0.6 is 15.9 Å². The zero-order valence-electron chi connectivity index (χ0n) is 16.7. The molecule has 0 bridgehead atoms. The largest absolute Gasteiger partial charge is 0.507 e. The third-order valence-corrected chi connectivity index (χ3v) is 5.69. The highest BCUT2D eigenvalue weighted by molar-refractivity contribution is 9.10. The Morgan fingerprint density at radius 2 is 1.77 bits per heavy atom. The second kappa shape index (κ2) is 8.73. The van der Waals surface area contributed by atoms with Crippen molar-refractivity contribution in [3.8, 4) is 5.75 Å². The SMILES string of the molecule is COc1ccccc1CN1C(=O)C(=O)/C(=C(\O)c2ccc(Br)cc2)C1c1ccccn1. The van der Waals surface area contributed by atoms with Gasteiger partial charge in [0.2, 0.25) is 0 Å². The number of benzene rings is 2. The van der Waals surface area contributed by atoms with Crippen molar-refractivity contribution in [2.45, 2.75) is 12.6 Å². The van der Waals surface area contributed by atoms with Crippen molar-refractivity contribution in [2.75, 3.05) is 7.11 Å². The summed E-state index contributed by atoms with van der Waals surface area (Å²) in [6.07, 6.45) is 1.60. The first-order valence-corrected chi connectivity index (χ1v) is 10.4. The fraction of sp³-hybridized carbons (Fsp3) is 0.125. The Kier molecular flexibility index (Phi) is 5.86. The number of ketones is 1. The molecule has 0 spiro atoms. The van der Waals surface area contributed by atoms with E-state index < -0.39 is 17.7 Å². The van der Waals surface area contributed by atoms with E-state index in [9.17, 15) is 14.7 Å². The van der Waals surface area contributed by atoms with Gasteiger partial charge in [-0.05, 0) is 30.3 Å². The van der Waals surface area contributed by atoms with Gasteiger partial charge in [0.15, 0.2) is 0 Å². The zero-order valence-corrected chi connectivity index (χ0v) is 18.2. The minimum absolute atomic E-state index is 0.0147. The lowest BCUT2D eigenvalue weighted by Gasteiger charge is -2.25. The van der Waals surface area contributed by atoms with Crippen LogP contribution in [-0.2, 0) is 16.1 Å². The van der Waals surface area contributed by atoms with Crippen molar-refractivity contribution in [1.82, 2.24) is 9.88 Å². The first-order valence-electron chi connectivity index (χ1n) is 9.58. The van der Waals surface area contributed by atoms with Crippen molar-refractivity contribution in [2.24, 2.45) is 0 Å². The monoisotopic (exact) mass is 478 g/mol. The van der Waals surface area contributed by atoms with Crippen molar-refractivity contribution in [1.29, 1.82) is 0 Å². The molecular weight excluding hydrogens is 460 g/mol. The third-order valence-electron chi connectivity index (χ3n) is 5.16. The summed E-state index contributed by atoms with van der Waals surface area (Å²) in [4.78, 5) is 31.9. The molecule has 0 radical (unpaired) electrons. The summed E-state index contributed by atoms with van der Waals surface area (Å²) < 4.78 is 6.24. The van der Waals surface area contributed by atoms with Gasteiger partial charge < -0.3 is 14.7 Å². The Balaban J connectivity index is 1.85. The lowest BCUT2D eigenvalue weighted by atomic mass is 9.98. The van der Waals surface area contributed by atoms with Gasteiger partial charge in [-0.2, -0.15) is 0 Å². The van der Waals surface area contributed by atoms with Gasteiger partial charge in [0.25, 0.3) is 11.7 Å². The fourth-order valence-corrected chi connectivity index (χ4v) is 3.93. The Bertz CT molecular complexity index is 1160. The summed E-state index contributed by atoms with van der Waals surface area (Å²) >= 11 is 3.36. The average molecular weight is 479 g/mol. The van der Waals surface area contributed by atoms with Crippen molar-refractivity contribution >= 4 is 33.4 Å². The standard InChI is InChI=1S/C24H19BrN2O4/c1-31-19-8-3-2-6-16(19)14-27-21(18-7-4-5-13-26-18)20(23(29)24(27)30)22(28)15-9-11-17(25)12-10-15/h2-13,21,28H,14H2,1H3/b22-20-. The Labute approximate surface area is 187 Å². The maximum absolute atomic E-state index is 13.0. The number of para-hydroxylation sites is 1. The molecule has 31 heavy (non-hydrogen) atoms. The van der Waals surface area contributed by atoms with Gasteiger partial charge in [-0.3, -0.25) is 14.6 Å². The topological polar surface area (TPSA) is 79.7 Å². The van der Waals surface area contributed by atoms with E-state index in [-0.39, 0.29) is 17.9 Å². The molecule has 1 amide bonds. The average Bonchev–Trinajstić information content (AvgIpc) is 3.05. The van der Waals surface area contributed by atoms with Crippen molar-refractivity contribution in [3.63, 3.8) is 0 Å². The maximum Gasteiger partial charge on any atom is 0.296 e. The molecule has 1 aliphatic heterocycles. The first-order chi connectivity index (χ1) is 15.0. The van der Waals surface area contributed by atoms with Crippen LogP contribution in [0, 0.1) is 0 Å². The van der Waals surface area contributed by atoms with Gasteiger partial charge in [0, 0.05) is 21.8 Å². The minimum atomic E-state index is -0.824. The number of Topliss-reactive ketones (excluding diaryl/α,β-unsaturated/α-hetero) is 1. The van der Waals surface area contributed by atoms with Gasteiger partial charge in [-0.25, -0.2) is 0 Å². The molecule has 1 unspecified atom stereocenters. The van der Waals surface area contributed by atoms with Gasteiger partial charge in [0.1, 0.15) is 17.6 Å². The second-order valence-corrected chi connectivity index (χ2v) is 7.92. The van der Waals surface area contributed by atoms with Crippen LogP contribution in [0.2, 0.25) is 0 Å². The van der Waals surface area contributed by atoms with Gasteiger partial charge >= 0.3 is 0 Å². The minimum Gasteiger partial charge on any atom is -0.507 e. The van der Waals surface area contributed by atoms with E-state index in [1.54, 1.807) is 61.8 Å². The first kappa shape index (κ1) is 20.8. The summed E-state index contributed by atoms with van der Waals surface area (Å²) in [6.45, 7) is 0.132. The Morgan fingerprint density at radius 1 is 1.06 bits per heavy atom. The number of likely N-dealkylation sites (tertiary alicyclic amines) is 1. The number of aliphatic hydroxyl groups excluding tert-OH is 1. The lowest BCUT2D eigenvalue weighted by Crippen LogP contribution is -2.29. The molecule has 0 aliphatic carbocycles. The van der Waals surface area contributed by atoms with Crippen LogP contribution in [0.3, 0.4) is 0 Å². The molecule has 156 valence electrons. The zero-order chi connectivity index (χ0) is 22.0. The molecule has 1 atom stereocenters. The molecule has 2 aromatic carbocycles. The summed E-state index contributed by atoms with van der Waals surface area (Å²) in [6, 6.07) is 18.6. The quantitative estimate of drug-likeness (QED) is 0.332. The number of aliphatic hydroxyl groups is 1. The normalized spacial score (nSPS) is 17.7. The van der Waals surface area contributed by atoms with E-state index in [0.717, 1.165) is 10.0 Å². The van der Waals surface area contributed by atoms with Gasteiger partial charge in [-0.1, -0.05) is 52.3 Å². The van der Waals surface area contributed by atoms with Crippen LogP contribution in [0.25, 0.3) is 5.76 Å². The van der Waals surface area contributed by atoms with E-state index in [4.69, 9.17) is 4.74 Å². The van der Waals surface area contributed by atoms with Crippen LogP contribution in [0.5, 0.6) is 5.75 Å². The van der Waals surface area contributed by atoms with Crippen LogP contribution in [0.4, 0.5) is 0 Å². The second-order valence-electron chi connectivity index (χ2n) is 7.00. The number of carbonyl (C=O) groups is 2. The molecule has 1 N–H and O–H groups in total. The van der Waals surface area contributed by atoms with Gasteiger partial charge in [0.05, 0.1) is 24.9 Å². The number of aromatic nitrogens is 1. The molecule has 3 aromatic rings. The number of hydrogen-bond donors (Lipinski definition) is 1. The summed E-state index contributed by atoms with van der Waals surface area (Å²) in [5.74, 6) is -1.06. The molecule has 2 heterocycles. The molecule has 1 aliphatic rings. The number of halogens is 1. The smallest absolute Gasteiger partial charge is 0.296 e. The molecule has 0 saturated carbocycles. The summed E-state index contributed by atoms with van der Waals surface area (Å²) in [5.41, 5.74) is 1.70. The Hall–Kier alpha value is -3.45. The number of ether oxygens (including phenoxy) is 1. The number of hydrogen-bond acceptors (Lipinski definition) is 5. The van der Waals surface area contributed by atoms with Crippen LogP contribution in [-0.4, -0.2) is 33.8 Å². The predicted molar refractivity (Wildman–Crippen MR) is 119 cm³/mol. The molecule has 1 fully saturated rings. The Morgan fingerprint density at radius 3 is 2.45 bits per heavy atom. The number of pyridine rings is 1. The maximum atomic E-state index is 13.0. The van der Waals surface area contributed by atoms with E-state index in [0.29, 0.717) is 17.0 Å². The van der Waals surface area contributed by atoms with Crippen LogP contribution in [0.1, 0.15) is 22.9 Å².